The van der Waals surface area contributed by atoms with Gasteiger partial charge in [0.15, 0.2) is 0 Å². The number of imidazole rings is 1. The minimum absolute atomic E-state index is 0.105. The summed E-state index contributed by atoms with van der Waals surface area (Å²) >= 11 is 6.07. The molecule has 10 heteroatoms. The molecular weight excluding hydrogens is 505 g/mol. The Morgan fingerprint density at radius 1 is 1.28 bits per heavy atom. The van der Waals surface area contributed by atoms with E-state index in [0.717, 1.165) is 12.8 Å². The van der Waals surface area contributed by atoms with Gasteiger partial charge < -0.3 is 14.2 Å². The van der Waals surface area contributed by atoms with Gasteiger partial charge in [0.2, 0.25) is 15.0 Å². The maximum Gasteiger partial charge on any atom is 0.254 e. The quantitative estimate of drug-likeness (QED) is 0.355. The van der Waals surface area contributed by atoms with Crippen molar-refractivity contribution in [2.24, 2.45) is 0 Å². The molecule has 0 bridgehead atoms. The molecule has 0 saturated carbocycles. The molecule has 1 amide bonds. The number of ether oxygens (including phenoxy) is 1. The third-order valence-corrected chi connectivity index (χ3v) is 7.75. The van der Waals surface area contributed by atoms with Crippen molar-refractivity contribution in [3.05, 3.63) is 95.0 Å². The Kier molecular flexibility index (Phi) is 8.23. The van der Waals surface area contributed by atoms with Gasteiger partial charge in [0.1, 0.15) is 5.82 Å². The van der Waals surface area contributed by atoms with E-state index in [0.29, 0.717) is 35.0 Å². The lowest BCUT2D eigenvalue weighted by Crippen LogP contribution is -2.32. The fraction of sp³-hybridized carbons (Fsp3) is 0.308. The summed E-state index contributed by atoms with van der Waals surface area (Å²) in [5.41, 5.74) is 1.42. The second-order valence-electron chi connectivity index (χ2n) is 8.65. The van der Waals surface area contributed by atoms with Crippen LogP contribution in [0.1, 0.15) is 34.5 Å². The molecule has 3 aromatic rings. The number of rotatable bonds is 10. The fourth-order valence-electron chi connectivity index (χ4n) is 4.19. The SMILES string of the molecule is C=CCN(Cc1cnc(S(=O)(=O)Cc2ccc(F)cc2)n1C[C@@H]1CCCO1)C(=O)c1cccc(Cl)c1. The first kappa shape index (κ1) is 26.1. The first-order chi connectivity index (χ1) is 17.3. The molecule has 36 heavy (non-hydrogen) atoms. The van der Waals surface area contributed by atoms with Crippen LogP contribution in [0, 0.1) is 5.82 Å². The molecular formula is C26H27ClFN3O4S. The van der Waals surface area contributed by atoms with Gasteiger partial charge >= 0.3 is 0 Å². The van der Waals surface area contributed by atoms with E-state index in [1.807, 2.05) is 0 Å². The number of sulfone groups is 1. The molecule has 2 heterocycles. The van der Waals surface area contributed by atoms with E-state index >= 15 is 0 Å². The zero-order chi connectivity index (χ0) is 25.7. The summed E-state index contributed by atoms with van der Waals surface area (Å²) in [5, 5.41) is 0.336. The van der Waals surface area contributed by atoms with E-state index in [-0.39, 0.29) is 36.0 Å². The number of amides is 1. The average Bonchev–Trinajstić information content (AvgIpc) is 3.51. The maximum absolute atomic E-state index is 13.4. The lowest BCUT2D eigenvalue weighted by molar-refractivity contribution is 0.0751. The maximum atomic E-state index is 13.4. The molecule has 0 radical (unpaired) electrons. The Balaban J connectivity index is 1.66. The summed E-state index contributed by atoms with van der Waals surface area (Å²) in [7, 11) is -3.87. The second kappa shape index (κ2) is 11.4. The number of carbonyl (C=O) groups is 1. The predicted octanol–water partition coefficient (Wildman–Crippen LogP) is 4.66. The van der Waals surface area contributed by atoms with Crippen LogP contribution in [-0.4, -0.2) is 48.0 Å². The Bertz CT molecular complexity index is 1340. The van der Waals surface area contributed by atoms with Crippen LogP contribution in [0.5, 0.6) is 0 Å². The average molecular weight is 532 g/mol. The van der Waals surface area contributed by atoms with Crippen LogP contribution in [0.2, 0.25) is 5.02 Å². The highest BCUT2D eigenvalue weighted by molar-refractivity contribution is 7.90. The molecule has 0 spiro atoms. The van der Waals surface area contributed by atoms with Crippen molar-refractivity contribution in [3.63, 3.8) is 0 Å². The molecule has 0 aliphatic carbocycles. The molecule has 1 fully saturated rings. The summed E-state index contributed by atoms with van der Waals surface area (Å²) in [4.78, 5) is 19.1. The topological polar surface area (TPSA) is 81.5 Å². The van der Waals surface area contributed by atoms with Gasteiger partial charge in [-0.25, -0.2) is 17.8 Å². The third kappa shape index (κ3) is 6.21. The van der Waals surface area contributed by atoms with E-state index in [1.54, 1.807) is 39.8 Å². The van der Waals surface area contributed by atoms with Crippen LogP contribution in [0.25, 0.3) is 0 Å². The minimum atomic E-state index is -3.87. The largest absolute Gasteiger partial charge is 0.376 e. The summed E-state index contributed by atoms with van der Waals surface area (Å²) in [6.07, 6.45) is 4.62. The first-order valence-electron chi connectivity index (χ1n) is 11.6. The summed E-state index contributed by atoms with van der Waals surface area (Å²) in [6, 6.07) is 12.0. The Labute approximate surface area is 215 Å². The molecule has 4 rings (SSSR count). The smallest absolute Gasteiger partial charge is 0.254 e. The van der Waals surface area contributed by atoms with Crippen LogP contribution in [0.3, 0.4) is 0 Å². The number of carbonyl (C=O) groups excluding carboxylic acids is 1. The number of aromatic nitrogens is 2. The monoisotopic (exact) mass is 531 g/mol. The van der Waals surface area contributed by atoms with Crippen LogP contribution in [0.15, 0.2) is 72.5 Å². The standard InChI is InChI=1S/C26H27ClFN3O4S/c1-2-12-30(25(32)20-5-3-6-21(27)14-20)16-23-15-29-26(31(23)17-24-7-4-13-35-24)36(33,34)18-19-8-10-22(28)11-9-19/h2-3,5-6,8-11,14-15,24H,1,4,7,12-13,16-18H2/t24-/m0/s1. The van der Waals surface area contributed by atoms with E-state index < -0.39 is 15.7 Å². The molecule has 190 valence electrons. The summed E-state index contributed by atoms with van der Waals surface area (Å²) in [6.45, 7) is 5.02. The number of hydrogen-bond donors (Lipinski definition) is 0. The zero-order valence-corrected chi connectivity index (χ0v) is 21.2. The normalized spacial score (nSPS) is 15.7. The first-order valence-corrected chi connectivity index (χ1v) is 13.6. The summed E-state index contributed by atoms with van der Waals surface area (Å²) in [5.74, 6) is -1.03. The van der Waals surface area contributed by atoms with Crippen molar-refractivity contribution >= 4 is 27.3 Å². The fourth-order valence-corrected chi connectivity index (χ4v) is 5.88. The lowest BCUT2D eigenvalue weighted by atomic mass is 10.2. The van der Waals surface area contributed by atoms with Crippen LogP contribution in [0.4, 0.5) is 4.39 Å². The van der Waals surface area contributed by atoms with Gasteiger partial charge in [-0.05, 0) is 48.7 Å². The molecule has 1 saturated heterocycles. The van der Waals surface area contributed by atoms with E-state index in [4.69, 9.17) is 16.3 Å². The summed E-state index contributed by atoms with van der Waals surface area (Å²) < 4.78 is 47.4. The number of nitrogens with zero attached hydrogens (tertiary/aromatic N) is 3. The molecule has 7 nitrogen and oxygen atoms in total. The highest BCUT2D eigenvalue weighted by Crippen LogP contribution is 2.23. The van der Waals surface area contributed by atoms with Gasteiger partial charge in [-0.1, -0.05) is 35.9 Å². The Hall–Kier alpha value is -3.01. The Morgan fingerprint density at radius 2 is 2.06 bits per heavy atom. The van der Waals surface area contributed by atoms with Gasteiger partial charge in [0.05, 0.1) is 36.8 Å². The molecule has 0 N–H and O–H groups in total. The van der Waals surface area contributed by atoms with Crippen LogP contribution in [-0.2, 0) is 33.4 Å². The van der Waals surface area contributed by atoms with Crippen molar-refractivity contribution in [3.8, 4) is 0 Å². The number of halogens is 2. The number of benzene rings is 2. The Morgan fingerprint density at radius 3 is 2.72 bits per heavy atom. The van der Waals surface area contributed by atoms with Gasteiger partial charge in [0, 0.05) is 23.7 Å². The van der Waals surface area contributed by atoms with Crippen LogP contribution >= 0.6 is 11.6 Å². The van der Waals surface area contributed by atoms with Gasteiger partial charge in [-0.3, -0.25) is 4.79 Å². The van der Waals surface area contributed by atoms with E-state index in [9.17, 15) is 17.6 Å². The van der Waals surface area contributed by atoms with Gasteiger partial charge in [-0.15, -0.1) is 6.58 Å². The van der Waals surface area contributed by atoms with Crippen molar-refractivity contribution in [2.45, 2.75) is 42.9 Å². The molecule has 1 aliphatic heterocycles. The molecule has 1 atom stereocenters. The van der Waals surface area contributed by atoms with Gasteiger partial charge in [-0.2, -0.15) is 0 Å². The van der Waals surface area contributed by atoms with E-state index in [2.05, 4.69) is 11.6 Å². The van der Waals surface area contributed by atoms with Gasteiger partial charge in [0.25, 0.3) is 5.91 Å². The van der Waals surface area contributed by atoms with Crippen molar-refractivity contribution in [1.29, 1.82) is 0 Å². The number of hydrogen-bond acceptors (Lipinski definition) is 5. The molecule has 0 unspecified atom stereocenters. The van der Waals surface area contributed by atoms with Crippen molar-refractivity contribution < 1.29 is 22.3 Å². The minimum Gasteiger partial charge on any atom is -0.376 e. The third-order valence-electron chi connectivity index (χ3n) is 5.92. The van der Waals surface area contributed by atoms with Crippen molar-refractivity contribution in [1.82, 2.24) is 14.5 Å². The van der Waals surface area contributed by atoms with E-state index in [1.165, 1.54) is 30.5 Å². The zero-order valence-electron chi connectivity index (χ0n) is 19.6. The second-order valence-corrected chi connectivity index (χ2v) is 11.0. The van der Waals surface area contributed by atoms with Crippen molar-refractivity contribution in [2.75, 3.05) is 13.2 Å². The van der Waals surface area contributed by atoms with Crippen LogP contribution < -0.4 is 0 Å². The molecule has 1 aromatic heterocycles. The molecule has 1 aliphatic rings. The highest BCUT2D eigenvalue weighted by Gasteiger charge is 2.28. The highest BCUT2D eigenvalue weighted by atomic mass is 35.5. The lowest BCUT2D eigenvalue weighted by Gasteiger charge is -2.23. The predicted molar refractivity (Wildman–Crippen MR) is 135 cm³/mol. The molecule has 2 aromatic carbocycles.